The van der Waals surface area contributed by atoms with E-state index in [2.05, 4.69) is 5.32 Å². The standard InChI is InChI=1S/C19H17Cl2NO5/c1-11(12-3-5-16-17(6-12)27-10-26-16)22-18(23)9-25-19(24)7-13-2-4-14(20)8-15(13)21/h2-6,8,11H,7,9-10H2,1H3,(H,22,23)/t11-/m1/s1. The molecule has 1 amide bonds. The lowest BCUT2D eigenvalue weighted by molar-refractivity contribution is -0.148. The minimum absolute atomic E-state index is 0.0407. The lowest BCUT2D eigenvalue weighted by Crippen LogP contribution is -2.31. The lowest BCUT2D eigenvalue weighted by Gasteiger charge is -2.15. The smallest absolute Gasteiger partial charge is 0.310 e. The summed E-state index contributed by atoms with van der Waals surface area (Å²) in [5.74, 6) is 0.354. The topological polar surface area (TPSA) is 73.9 Å². The number of fused-ring (bicyclic) bond motifs is 1. The van der Waals surface area contributed by atoms with Crippen LogP contribution in [0.25, 0.3) is 0 Å². The zero-order valence-electron chi connectivity index (χ0n) is 14.5. The van der Waals surface area contributed by atoms with Crippen LogP contribution in [0.3, 0.4) is 0 Å². The van der Waals surface area contributed by atoms with Crippen molar-refractivity contribution >= 4 is 35.1 Å². The molecular weight excluding hydrogens is 393 g/mol. The summed E-state index contributed by atoms with van der Waals surface area (Å²) in [6, 6.07) is 9.98. The van der Waals surface area contributed by atoms with Gasteiger partial charge in [-0.15, -0.1) is 0 Å². The van der Waals surface area contributed by atoms with E-state index in [1.54, 1.807) is 24.3 Å². The predicted molar refractivity (Wildman–Crippen MR) is 100 cm³/mol. The van der Waals surface area contributed by atoms with E-state index in [4.69, 9.17) is 37.4 Å². The summed E-state index contributed by atoms with van der Waals surface area (Å²) in [5, 5.41) is 3.63. The maximum absolute atomic E-state index is 12.0. The first kappa shape index (κ1) is 19.3. The van der Waals surface area contributed by atoms with Gasteiger partial charge in [0.25, 0.3) is 5.91 Å². The van der Waals surface area contributed by atoms with Crippen LogP contribution >= 0.6 is 23.2 Å². The predicted octanol–water partition coefficient (Wildman–Crippen LogP) is 3.69. The number of nitrogens with one attached hydrogen (secondary N) is 1. The molecule has 1 N–H and O–H groups in total. The van der Waals surface area contributed by atoms with Crippen molar-refractivity contribution in [1.29, 1.82) is 0 Å². The monoisotopic (exact) mass is 409 g/mol. The van der Waals surface area contributed by atoms with Crippen molar-refractivity contribution in [3.8, 4) is 11.5 Å². The maximum Gasteiger partial charge on any atom is 0.310 e. The Morgan fingerprint density at radius 2 is 1.93 bits per heavy atom. The number of halogens is 2. The molecule has 1 aliphatic heterocycles. The third-order valence-electron chi connectivity index (χ3n) is 3.99. The molecule has 0 unspecified atom stereocenters. The number of carbonyl (C=O) groups is 2. The van der Waals surface area contributed by atoms with Gasteiger partial charge in [-0.2, -0.15) is 0 Å². The minimum Gasteiger partial charge on any atom is -0.455 e. The van der Waals surface area contributed by atoms with E-state index < -0.39 is 11.9 Å². The van der Waals surface area contributed by atoms with Crippen LogP contribution in [0.5, 0.6) is 11.5 Å². The van der Waals surface area contributed by atoms with Crippen LogP contribution in [-0.4, -0.2) is 25.3 Å². The Hall–Kier alpha value is -2.44. The van der Waals surface area contributed by atoms with Gasteiger partial charge in [-0.25, -0.2) is 0 Å². The fourth-order valence-electron chi connectivity index (χ4n) is 2.57. The van der Waals surface area contributed by atoms with Gasteiger partial charge in [-0.05, 0) is 42.3 Å². The highest BCUT2D eigenvalue weighted by molar-refractivity contribution is 6.35. The molecule has 27 heavy (non-hydrogen) atoms. The van der Waals surface area contributed by atoms with Gasteiger partial charge in [0.2, 0.25) is 6.79 Å². The Bertz CT molecular complexity index is 871. The zero-order chi connectivity index (χ0) is 19.4. The molecule has 2 aromatic carbocycles. The number of carbonyl (C=O) groups excluding carboxylic acids is 2. The Morgan fingerprint density at radius 1 is 1.15 bits per heavy atom. The van der Waals surface area contributed by atoms with E-state index in [1.807, 2.05) is 19.1 Å². The molecule has 8 heteroatoms. The van der Waals surface area contributed by atoms with Crippen molar-refractivity contribution < 1.29 is 23.8 Å². The van der Waals surface area contributed by atoms with Gasteiger partial charge in [0.15, 0.2) is 18.1 Å². The molecule has 0 aliphatic carbocycles. The van der Waals surface area contributed by atoms with Crippen molar-refractivity contribution in [2.75, 3.05) is 13.4 Å². The van der Waals surface area contributed by atoms with Gasteiger partial charge >= 0.3 is 5.97 Å². The summed E-state index contributed by atoms with van der Waals surface area (Å²) in [5.41, 5.74) is 1.44. The first-order valence-electron chi connectivity index (χ1n) is 8.21. The van der Waals surface area contributed by atoms with E-state index >= 15 is 0 Å². The Balaban J connectivity index is 1.48. The molecule has 0 saturated heterocycles. The third-order valence-corrected chi connectivity index (χ3v) is 4.58. The molecule has 0 spiro atoms. The van der Waals surface area contributed by atoms with E-state index in [9.17, 15) is 9.59 Å². The van der Waals surface area contributed by atoms with Crippen molar-refractivity contribution in [2.45, 2.75) is 19.4 Å². The van der Waals surface area contributed by atoms with Gasteiger partial charge in [-0.3, -0.25) is 9.59 Å². The first-order chi connectivity index (χ1) is 12.9. The lowest BCUT2D eigenvalue weighted by atomic mass is 10.1. The van der Waals surface area contributed by atoms with E-state index in [1.165, 1.54) is 0 Å². The van der Waals surface area contributed by atoms with E-state index in [-0.39, 0.29) is 25.9 Å². The normalized spacial score (nSPS) is 13.1. The van der Waals surface area contributed by atoms with Gasteiger partial charge in [0.1, 0.15) is 0 Å². The molecule has 1 heterocycles. The van der Waals surface area contributed by atoms with Crippen LogP contribution in [0.4, 0.5) is 0 Å². The zero-order valence-corrected chi connectivity index (χ0v) is 16.0. The van der Waals surface area contributed by atoms with E-state index in [0.717, 1.165) is 5.56 Å². The summed E-state index contributed by atoms with van der Waals surface area (Å²) in [4.78, 5) is 24.0. The average Bonchev–Trinajstić information content (AvgIpc) is 3.10. The highest BCUT2D eigenvalue weighted by atomic mass is 35.5. The Labute approximate surface area is 166 Å². The minimum atomic E-state index is -0.551. The van der Waals surface area contributed by atoms with Crippen LogP contribution in [0.1, 0.15) is 24.1 Å². The fourth-order valence-corrected chi connectivity index (χ4v) is 3.04. The molecule has 0 radical (unpaired) electrons. The molecule has 0 bridgehead atoms. The highest BCUT2D eigenvalue weighted by Gasteiger charge is 2.17. The van der Waals surface area contributed by atoms with Crippen LogP contribution in [0, 0.1) is 0 Å². The second kappa shape index (κ2) is 8.50. The largest absolute Gasteiger partial charge is 0.455 e. The molecule has 0 aromatic heterocycles. The molecule has 2 aromatic rings. The SMILES string of the molecule is C[C@@H](NC(=O)COC(=O)Cc1ccc(Cl)cc1Cl)c1ccc2c(c1)OCO2. The summed E-state index contributed by atoms with van der Waals surface area (Å²) < 4.78 is 15.6. The van der Waals surface area contributed by atoms with E-state index in [0.29, 0.717) is 27.1 Å². The average molecular weight is 410 g/mol. The van der Waals surface area contributed by atoms with Gasteiger partial charge in [0.05, 0.1) is 12.5 Å². The Kier molecular flexibility index (Phi) is 6.08. The number of esters is 1. The molecule has 0 saturated carbocycles. The summed E-state index contributed by atoms with van der Waals surface area (Å²) in [6.07, 6.45) is -0.0407. The Morgan fingerprint density at radius 3 is 2.70 bits per heavy atom. The van der Waals surface area contributed by atoms with Gasteiger partial charge < -0.3 is 19.5 Å². The molecule has 3 rings (SSSR count). The van der Waals surface area contributed by atoms with Crippen molar-refractivity contribution in [1.82, 2.24) is 5.32 Å². The summed E-state index contributed by atoms with van der Waals surface area (Å²) >= 11 is 11.8. The van der Waals surface area contributed by atoms with Crippen LogP contribution < -0.4 is 14.8 Å². The van der Waals surface area contributed by atoms with Crippen LogP contribution in [0.2, 0.25) is 10.0 Å². The number of ether oxygens (including phenoxy) is 3. The number of rotatable bonds is 6. The molecule has 1 aliphatic rings. The van der Waals surface area contributed by atoms with Crippen molar-refractivity contribution in [2.24, 2.45) is 0 Å². The van der Waals surface area contributed by atoms with Crippen LogP contribution in [0.15, 0.2) is 36.4 Å². The quantitative estimate of drug-likeness (QED) is 0.736. The molecule has 6 nitrogen and oxygen atoms in total. The first-order valence-corrected chi connectivity index (χ1v) is 8.96. The fraction of sp³-hybridized carbons (Fsp3) is 0.263. The van der Waals surface area contributed by atoms with Gasteiger partial charge in [-0.1, -0.05) is 35.3 Å². The maximum atomic E-state index is 12.0. The number of hydrogen-bond donors (Lipinski definition) is 1. The van der Waals surface area contributed by atoms with Gasteiger partial charge in [0, 0.05) is 10.0 Å². The highest BCUT2D eigenvalue weighted by Crippen LogP contribution is 2.34. The molecular formula is C19H17Cl2NO5. The molecule has 0 fully saturated rings. The van der Waals surface area contributed by atoms with Crippen molar-refractivity contribution in [3.63, 3.8) is 0 Å². The number of benzene rings is 2. The molecule has 1 atom stereocenters. The van der Waals surface area contributed by atoms with Crippen molar-refractivity contribution in [3.05, 3.63) is 57.6 Å². The molecule has 142 valence electrons. The summed E-state index contributed by atoms with van der Waals surface area (Å²) in [6.45, 7) is 1.64. The third kappa shape index (κ3) is 5.05. The summed E-state index contributed by atoms with van der Waals surface area (Å²) in [7, 11) is 0. The van der Waals surface area contributed by atoms with Crippen LogP contribution in [-0.2, 0) is 20.7 Å². The second-order valence-electron chi connectivity index (χ2n) is 5.98. The number of hydrogen-bond acceptors (Lipinski definition) is 5. The second-order valence-corrected chi connectivity index (χ2v) is 6.82. The number of amides is 1.